The molecule has 1 saturated heterocycles. The summed E-state index contributed by atoms with van der Waals surface area (Å²) in [6.07, 6.45) is -3.69. The van der Waals surface area contributed by atoms with E-state index in [2.05, 4.69) is 0 Å². The predicted octanol–water partition coefficient (Wildman–Crippen LogP) is -0.0216. The van der Waals surface area contributed by atoms with Crippen LogP contribution in [0.3, 0.4) is 0 Å². The quantitative estimate of drug-likeness (QED) is 0.337. The molecule has 1 aliphatic rings. The molecule has 1 aromatic heterocycles. The number of ether oxygens (including phenoxy) is 2. The van der Waals surface area contributed by atoms with Gasteiger partial charge in [0.05, 0.1) is 13.2 Å². The minimum Gasteiger partial charge on any atom is -0.506 e. The van der Waals surface area contributed by atoms with Crippen molar-refractivity contribution in [2.75, 3.05) is 13.2 Å². The molecule has 0 unspecified atom stereocenters. The van der Waals surface area contributed by atoms with Gasteiger partial charge in [-0.25, -0.2) is 0 Å². The minimum atomic E-state index is -1.53. The molecule has 10 heteroatoms. The van der Waals surface area contributed by atoms with E-state index in [0.717, 1.165) is 0 Å². The lowest BCUT2D eigenvalue weighted by Gasteiger charge is -2.39. The van der Waals surface area contributed by atoms with E-state index in [0.29, 0.717) is 5.76 Å². The van der Waals surface area contributed by atoms with Gasteiger partial charge < -0.3 is 44.5 Å². The number of hydrogen-bond acceptors (Lipinski definition) is 10. The molecule has 2 heterocycles. The molecule has 0 radical (unpaired) electrons. The molecule has 31 heavy (non-hydrogen) atoms. The van der Waals surface area contributed by atoms with Crippen molar-refractivity contribution in [2.45, 2.75) is 44.6 Å². The van der Waals surface area contributed by atoms with Crippen molar-refractivity contribution in [3.8, 4) is 11.5 Å². The number of aromatic hydroxyl groups is 2. The molecule has 0 amide bonds. The van der Waals surface area contributed by atoms with E-state index in [-0.39, 0.29) is 40.6 Å². The zero-order valence-electron chi connectivity index (χ0n) is 17.0. The fraction of sp³-hybridized carbons (Fsp3) is 0.476. The monoisotopic (exact) mass is 438 g/mol. The normalized spacial score (nSPS) is 27.7. The van der Waals surface area contributed by atoms with Crippen molar-refractivity contribution < 1.29 is 44.5 Å². The molecule has 1 aromatic carbocycles. The molecule has 0 aliphatic carbocycles. The van der Waals surface area contributed by atoms with Crippen LogP contribution in [-0.2, 0) is 9.47 Å². The maximum absolute atomic E-state index is 12.2. The Balaban J connectivity index is 1.72. The number of aliphatic hydroxyl groups excluding tert-OH is 4. The molecule has 1 fully saturated rings. The van der Waals surface area contributed by atoms with Crippen LogP contribution in [-0.4, -0.2) is 74.6 Å². The zero-order chi connectivity index (χ0) is 22.9. The highest BCUT2D eigenvalue weighted by Gasteiger charge is 2.44. The van der Waals surface area contributed by atoms with Gasteiger partial charge in [-0.2, -0.15) is 0 Å². The van der Waals surface area contributed by atoms with Crippen LogP contribution in [0.4, 0.5) is 0 Å². The van der Waals surface area contributed by atoms with Gasteiger partial charge >= 0.3 is 0 Å². The lowest BCUT2D eigenvalue weighted by atomic mass is 9.99. The topological polar surface area (TPSA) is 170 Å². The lowest BCUT2D eigenvalue weighted by molar-refractivity contribution is -0.302. The summed E-state index contributed by atoms with van der Waals surface area (Å²) in [4.78, 5) is 12.2. The molecule has 10 nitrogen and oxygen atoms in total. The minimum absolute atomic E-state index is 0.0286. The van der Waals surface area contributed by atoms with E-state index >= 15 is 0 Å². The Morgan fingerprint density at radius 3 is 2.55 bits per heavy atom. The van der Waals surface area contributed by atoms with Gasteiger partial charge in [0.2, 0.25) is 0 Å². The second-order valence-electron chi connectivity index (χ2n) is 7.63. The number of rotatable bonds is 6. The summed E-state index contributed by atoms with van der Waals surface area (Å²) in [5.74, 6) is -0.605. The van der Waals surface area contributed by atoms with Gasteiger partial charge in [-0.05, 0) is 18.9 Å². The van der Waals surface area contributed by atoms with Crippen molar-refractivity contribution in [1.29, 1.82) is 0 Å². The van der Waals surface area contributed by atoms with Gasteiger partial charge in [0.25, 0.3) is 0 Å². The first-order valence-electron chi connectivity index (χ1n) is 9.73. The number of hydrogen-bond donors (Lipinski definition) is 6. The highest BCUT2D eigenvalue weighted by molar-refractivity contribution is 5.91. The van der Waals surface area contributed by atoms with Gasteiger partial charge in [0, 0.05) is 11.6 Å². The second kappa shape index (κ2) is 9.35. The highest BCUT2D eigenvalue weighted by Crippen LogP contribution is 2.34. The Labute approximate surface area is 177 Å². The number of phenols is 2. The number of aryl methyl sites for hydroxylation is 1. The largest absolute Gasteiger partial charge is 0.506 e. The molecule has 3 rings (SSSR count). The molecule has 6 N–H and O–H groups in total. The van der Waals surface area contributed by atoms with Crippen LogP contribution in [0.15, 0.2) is 27.4 Å². The third-order valence-electron chi connectivity index (χ3n) is 5.08. The summed E-state index contributed by atoms with van der Waals surface area (Å²) in [5, 5.41) is 59.3. The van der Waals surface area contributed by atoms with Crippen LogP contribution in [0.5, 0.6) is 11.5 Å². The van der Waals surface area contributed by atoms with E-state index in [9.17, 15) is 35.4 Å². The van der Waals surface area contributed by atoms with Crippen molar-refractivity contribution >= 4 is 17.0 Å². The summed E-state index contributed by atoms with van der Waals surface area (Å²) in [6.45, 7) is 2.79. The van der Waals surface area contributed by atoms with E-state index < -0.39 is 42.7 Å². The molecule has 1 aliphatic heterocycles. The Hall–Kier alpha value is -2.47. The first kappa shape index (κ1) is 23.2. The Bertz CT molecular complexity index is 1010. The summed E-state index contributed by atoms with van der Waals surface area (Å²) in [6, 6.07) is 2.48. The average Bonchev–Trinajstić information content (AvgIpc) is 2.72. The van der Waals surface area contributed by atoms with Crippen LogP contribution in [0.1, 0.15) is 18.2 Å². The first-order valence-corrected chi connectivity index (χ1v) is 9.73. The van der Waals surface area contributed by atoms with Gasteiger partial charge in [-0.1, -0.05) is 19.1 Å². The van der Waals surface area contributed by atoms with E-state index in [4.69, 9.17) is 13.9 Å². The molecule has 0 saturated carbocycles. The van der Waals surface area contributed by atoms with Crippen LogP contribution >= 0.6 is 0 Å². The third kappa shape index (κ3) is 4.74. The van der Waals surface area contributed by atoms with Gasteiger partial charge in [0.1, 0.15) is 41.3 Å². The van der Waals surface area contributed by atoms with Crippen molar-refractivity contribution in [3.63, 3.8) is 0 Å². The van der Waals surface area contributed by atoms with E-state index in [1.165, 1.54) is 18.2 Å². The van der Waals surface area contributed by atoms with Crippen molar-refractivity contribution in [2.24, 2.45) is 5.92 Å². The number of aliphatic hydroxyl groups is 4. The van der Waals surface area contributed by atoms with Gasteiger partial charge in [-0.15, -0.1) is 0 Å². The lowest BCUT2D eigenvalue weighted by Crippen LogP contribution is -2.59. The number of benzene rings is 1. The molecule has 6 atom stereocenters. The van der Waals surface area contributed by atoms with Gasteiger partial charge in [0.15, 0.2) is 23.1 Å². The maximum atomic E-state index is 12.2. The molecule has 2 aromatic rings. The van der Waals surface area contributed by atoms with Crippen LogP contribution < -0.4 is 5.43 Å². The summed E-state index contributed by atoms with van der Waals surface area (Å²) in [7, 11) is 0. The third-order valence-corrected chi connectivity index (χ3v) is 5.08. The van der Waals surface area contributed by atoms with Crippen LogP contribution in [0.2, 0.25) is 0 Å². The highest BCUT2D eigenvalue weighted by atomic mass is 16.7. The molecular weight excluding hydrogens is 412 g/mol. The number of fused-ring (bicyclic) bond motifs is 1. The van der Waals surface area contributed by atoms with Crippen LogP contribution in [0, 0.1) is 12.8 Å². The SMILES string of the molecule is Cc1cc(=O)c2c(O)c(/C=C\[C@@H](C)CO[C@@H]3O[C@H](CO)[C@@H](O)[C@H](O)[C@H]3O)cc(O)c2o1. The number of phenolic OH excluding ortho intramolecular Hbond substituents is 2. The van der Waals surface area contributed by atoms with Crippen LogP contribution in [0.25, 0.3) is 17.0 Å². The zero-order valence-corrected chi connectivity index (χ0v) is 17.0. The smallest absolute Gasteiger partial charge is 0.196 e. The first-order chi connectivity index (χ1) is 14.6. The van der Waals surface area contributed by atoms with Crippen molar-refractivity contribution in [1.82, 2.24) is 0 Å². The molecular formula is C21H26O10. The molecule has 0 bridgehead atoms. The fourth-order valence-corrected chi connectivity index (χ4v) is 3.34. The van der Waals surface area contributed by atoms with Crippen molar-refractivity contribution in [3.05, 3.63) is 39.8 Å². The Morgan fingerprint density at radius 2 is 1.87 bits per heavy atom. The van der Waals surface area contributed by atoms with E-state index in [1.54, 1.807) is 19.9 Å². The summed E-state index contributed by atoms with van der Waals surface area (Å²) in [5.41, 5.74) is -0.389. The van der Waals surface area contributed by atoms with E-state index in [1.807, 2.05) is 0 Å². The van der Waals surface area contributed by atoms with Gasteiger partial charge in [-0.3, -0.25) is 4.79 Å². The predicted molar refractivity (Wildman–Crippen MR) is 108 cm³/mol. The summed E-state index contributed by atoms with van der Waals surface area (Å²) < 4.78 is 16.1. The second-order valence-corrected chi connectivity index (χ2v) is 7.63. The Kier molecular flexibility index (Phi) is 6.99. The Morgan fingerprint density at radius 1 is 1.16 bits per heavy atom. The fourth-order valence-electron chi connectivity index (χ4n) is 3.34. The average molecular weight is 438 g/mol. The molecule has 0 spiro atoms. The maximum Gasteiger partial charge on any atom is 0.196 e. The molecule has 170 valence electrons. The standard InChI is InChI=1S/C21H26O10/c1-9(8-29-21-19(28)18(27)17(26)14(7-22)31-21)3-4-11-6-13(24)20-15(16(11)25)12(23)5-10(2)30-20/h3-6,9,14,17-19,21-22,24-28H,7-8H2,1-2H3/b4-3-/t9-,14-,17-,18+,19-,21-/m1/s1. The summed E-state index contributed by atoms with van der Waals surface area (Å²) >= 11 is 0.